The number of halogens is 1. The Labute approximate surface area is 86.1 Å². The number of nitrogens with zero attached hydrogens (tertiary/aromatic N) is 2. The van der Waals surface area contributed by atoms with E-state index in [9.17, 15) is 4.79 Å². The van der Waals surface area contributed by atoms with Crippen LogP contribution in [0.25, 0.3) is 0 Å². The number of aliphatic hydroxyl groups excluding tert-OH is 1. The molecule has 14 heavy (non-hydrogen) atoms. The Morgan fingerprint density at radius 1 is 1.64 bits per heavy atom. The van der Waals surface area contributed by atoms with E-state index in [2.05, 4.69) is 15.5 Å². The van der Waals surface area contributed by atoms with Gasteiger partial charge in [-0.1, -0.05) is 11.6 Å². The van der Waals surface area contributed by atoms with E-state index in [1.165, 1.54) is 12.1 Å². The third-order valence-electron chi connectivity index (χ3n) is 1.42. The number of nitrogens with one attached hydrogen (secondary N) is 1. The Morgan fingerprint density at radius 2 is 2.36 bits per heavy atom. The lowest BCUT2D eigenvalue weighted by molar-refractivity contribution is 0.0918. The highest BCUT2D eigenvalue weighted by atomic mass is 35.5. The molecular formula is C8H10ClN3O2. The second-order valence-electron chi connectivity index (χ2n) is 2.80. The molecule has 0 bridgehead atoms. The topological polar surface area (TPSA) is 75.1 Å². The third kappa shape index (κ3) is 3.27. The average molecular weight is 216 g/mol. The zero-order valence-electron chi connectivity index (χ0n) is 7.57. The molecule has 0 aromatic carbocycles. The van der Waals surface area contributed by atoms with Crippen LogP contribution in [0, 0.1) is 0 Å². The van der Waals surface area contributed by atoms with Crippen LogP contribution in [0.3, 0.4) is 0 Å². The Morgan fingerprint density at radius 3 is 2.86 bits per heavy atom. The molecule has 0 saturated carbocycles. The van der Waals surface area contributed by atoms with E-state index in [0.29, 0.717) is 0 Å². The van der Waals surface area contributed by atoms with Gasteiger partial charge in [-0.15, -0.1) is 10.2 Å². The molecule has 0 aliphatic carbocycles. The average Bonchev–Trinajstić information content (AvgIpc) is 2.15. The summed E-state index contributed by atoms with van der Waals surface area (Å²) in [6.07, 6.45) is -0.584. The molecule has 2 N–H and O–H groups in total. The maximum absolute atomic E-state index is 11.3. The lowest BCUT2D eigenvalue weighted by Crippen LogP contribution is -2.31. The number of carbonyl (C=O) groups is 1. The van der Waals surface area contributed by atoms with E-state index in [-0.39, 0.29) is 23.3 Å². The SMILES string of the molecule is CC(O)CNC(=O)c1ccc(Cl)nn1. The molecule has 76 valence electrons. The molecule has 0 aliphatic rings. The Hall–Kier alpha value is -1.20. The summed E-state index contributed by atoms with van der Waals surface area (Å²) in [5.74, 6) is -0.380. The van der Waals surface area contributed by atoms with Gasteiger partial charge in [0.2, 0.25) is 0 Å². The zero-order chi connectivity index (χ0) is 10.6. The minimum Gasteiger partial charge on any atom is -0.392 e. The van der Waals surface area contributed by atoms with Crippen molar-refractivity contribution in [1.29, 1.82) is 0 Å². The van der Waals surface area contributed by atoms with E-state index in [0.717, 1.165) is 0 Å². The Kier molecular flexibility index (Phi) is 3.79. The van der Waals surface area contributed by atoms with E-state index in [4.69, 9.17) is 16.7 Å². The summed E-state index contributed by atoms with van der Waals surface area (Å²) >= 11 is 5.50. The van der Waals surface area contributed by atoms with Crippen molar-refractivity contribution < 1.29 is 9.90 Å². The smallest absolute Gasteiger partial charge is 0.271 e. The first-order valence-corrected chi connectivity index (χ1v) is 4.43. The van der Waals surface area contributed by atoms with Crippen molar-refractivity contribution in [2.24, 2.45) is 0 Å². The van der Waals surface area contributed by atoms with E-state index < -0.39 is 6.10 Å². The summed E-state index contributed by atoms with van der Waals surface area (Å²) in [6.45, 7) is 1.76. The molecule has 0 fully saturated rings. The molecule has 1 rings (SSSR count). The van der Waals surface area contributed by atoms with Gasteiger partial charge < -0.3 is 10.4 Å². The number of carbonyl (C=O) groups excluding carboxylic acids is 1. The van der Waals surface area contributed by atoms with Crippen LogP contribution >= 0.6 is 11.6 Å². The Balaban J connectivity index is 2.57. The number of amides is 1. The highest BCUT2D eigenvalue weighted by Gasteiger charge is 2.07. The van der Waals surface area contributed by atoms with Gasteiger partial charge in [-0.2, -0.15) is 0 Å². The van der Waals surface area contributed by atoms with Crippen LogP contribution in [0.1, 0.15) is 17.4 Å². The van der Waals surface area contributed by atoms with Crippen LogP contribution in [0.15, 0.2) is 12.1 Å². The minimum absolute atomic E-state index is 0.176. The number of aromatic nitrogens is 2. The van der Waals surface area contributed by atoms with Crippen LogP contribution in [0.5, 0.6) is 0 Å². The van der Waals surface area contributed by atoms with Crippen molar-refractivity contribution in [3.8, 4) is 0 Å². The normalized spacial score (nSPS) is 12.2. The predicted octanol–water partition coefficient (Wildman–Crippen LogP) is 0.241. The van der Waals surface area contributed by atoms with Gasteiger partial charge in [0.1, 0.15) is 0 Å². The van der Waals surface area contributed by atoms with Crippen molar-refractivity contribution in [1.82, 2.24) is 15.5 Å². The lowest BCUT2D eigenvalue weighted by Gasteiger charge is -2.05. The molecule has 1 heterocycles. The van der Waals surface area contributed by atoms with Gasteiger partial charge in [0.15, 0.2) is 10.8 Å². The van der Waals surface area contributed by atoms with E-state index in [1.54, 1.807) is 6.92 Å². The van der Waals surface area contributed by atoms with Gasteiger partial charge >= 0.3 is 0 Å². The number of hydrogen-bond donors (Lipinski definition) is 2. The summed E-state index contributed by atoms with van der Waals surface area (Å²) in [6, 6.07) is 2.94. The van der Waals surface area contributed by atoms with Crippen molar-refractivity contribution in [3.05, 3.63) is 23.0 Å². The molecule has 0 saturated heterocycles. The zero-order valence-corrected chi connectivity index (χ0v) is 8.32. The van der Waals surface area contributed by atoms with Crippen LogP contribution in [0.2, 0.25) is 5.15 Å². The van der Waals surface area contributed by atoms with Crippen molar-refractivity contribution in [2.45, 2.75) is 13.0 Å². The molecule has 1 aromatic rings. The van der Waals surface area contributed by atoms with Gasteiger partial charge in [-0.05, 0) is 19.1 Å². The minimum atomic E-state index is -0.584. The summed E-state index contributed by atoms with van der Waals surface area (Å²) < 4.78 is 0. The summed E-state index contributed by atoms with van der Waals surface area (Å²) in [4.78, 5) is 11.3. The van der Waals surface area contributed by atoms with E-state index >= 15 is 0 Å². The fraction of sp³-hybridized carbons (Fsp3) is 0.375. The van der Waals surface area contributed by atoms with Gasteiger partial charge in [0, 0.05) is 6.54 Å². The number of hydrogen-bond acceptors (Lipinski definition) is 4. The molecule has 0 spiro atoms. The highest BCUT2D eigenvalue weighted by Crippen LogP contribution is 2.01. The number of aliphatic hydroxyl groups is 1. The van der Waals surface area contributed by atoms with Crippen LogP contribution in [0.4, 0.5) is 0 Å². The van der Waals surface area contributed by atoms with E-state index in [1.807, 2.05) is 0 Å². The predicted molar refractivity (Wildman–Crippen MR) is 51.1 cm³/mol. The first-order chi connectivity index (χ1) is 6.59. The molecule has 1 aromatic heterocycles. The summed E-state index contributed by atoms with van der Waals surface area (Å²) in [5.41, 5.74) is 0.176. The van der Waals surface area contributed by atoms with Crippen molar-refractivity contribution in [3.63, 3.8) is 0 Å². The van der Waals surface area contributed by atoms with Crippen LogP contribution < -0.4 is 5.32 Å². The standard InChI is InChI=1S/C8H10ClN3O2/c1-5(13)4-10-8(14)6-2-3-7(9)12-11-6/h2-3,5,13H,4H2,1H3,(H,10,14). The van der Waals surface area contributed by atoms with Crippen molar-refractivity contribution >= 4 is 17.5 Å². The number of rotatable bonds is 3. The molecule has 6 heteroatoms. The lowest BCUT2D eigenvalue weighted by atomic mass is 10.3. The highest BCUT2D eigenvalue weighted by molar-refractivity contribution is 6.29. The monoisotopic (exact) mass is 215 g/mol. The maximum atomic E-state index is 11.3. The molecular weight excluding hydrogens is 206 g/mol. The Bertz CT molecular complexity index is 313. The molecule has 1 amide bonds. The first kappa shape index (κ1) is 10.9. The molecule has 1 unspecified atom stereocenters. The first-order valence-electron chi connectivity index (χ1n) is 4.05. The maximum Gasteiger partial charge on any atom is 0.271 e. The van der Waals surface area contributed by atoms with Gasteiger partial charge in [0.05, 0.1) is 6.10 Å². The second kappa shape index (κ2) is 4.88. The van der Waals surface area contributed by atoms with Crippen LogP contribution in [-0.2, 0) is 0 Å². The fourth-order valence-corrected chi connectivity index (χ4v) is 0.869. The third-order valence-corrected chi connectivity index (χ3v) is 1.62. The largest absolute Gasteiger partial charge is 0.392 e. The van der Waals surface area contributed by atoms with Crippen LogP contribution in [-0.4, -0.2) is 33.9 Å². The van der Waals surface area contributed by atoms with Crippen molar-refractivity contribution in [2.75, 3.05) is 6.54 Å². The fourth-order valence-electron chi connectivity index (χ4n) is 0.768. The molecule has 0 radical (unpaired) electrons. The molecule has 5 nitrogen and oxygen atoms in total. The summed E-state index contributed by atoms with van der Waals surface area (Å²) in [5, 5.41) is 18.7. The van der Waals surface area contributed by atoms with Gasteiger partial charge in [-0.3, -0.25) is 4.79 Å². The second-order valence-corrected chi connectivity index (χ2v) is 3.19. The molecule has 0 aliphatic heterocycles. The summed E-state index contributed by atoms with van der Waals surface area (Å²) in [7, 11) is 0. The van der Waals surface area contributed by atoms with Gasteiger partial charge in [-0.25, -0.2) is 0 Å². The van der Waals surface area contributed by atoms with Gasteiger partial charge in [0.25, 0.3) is 5.91 Å². The molecule has 1 atom stereocenters. The quantitative estimate of drug-likeness (QED) is 0.758.